The van der Waals surface area contributed by atoms with Crippen LogP contribution in [0.3, 0.4) is 0 Å². The second-order valence-electron chi connectivity index (χ2n) is 10.7. The number of rotatable bonds is 12. The molecule has 0 atom stereocenters. The van der Waals surface area contributed by atoms with Crippen LogP contribution in [0.1, 0.15) is 71.3 Å². The number of nitrogens with one attached hydrogen (secondary N) is 2. The molecule has 0 spiro atoms. The minimum absolute atomic E-state index is 0.00386. The molecule has 2 rings (SSSR count). The Kier molecular flexibility index (Phi) is 10.7. The maximum Gasteiger partial charge on any atom is 0.320 e. The van der Waals surface area contributed by atoms with Crippen molar-refractivity contribution >= 4 is 17.7 Å². The van der Waals surface area contributed by atoms with Gasteiger partial charge in [0.1, 0.15) is 11.4 Å². The monoisotopic (exact) mass is 473 g/mol. The highest BCUT2D eigenvalue weighted by Gasteiger charge is 2.37. The van der Waals surface area contributed by atoms with Crippen LogP contribution in [0.4, 0.5) is 0 Å². The van der Waals surface area contributed by atoms with Crippen LogP contribution in [0, 0.1) is 0 Å². The molecule has 7 nitrogen and oxygen atoms in total. The fourth-order valence-corrected chi connectivity index (χ4v) is 4.57. The number of esters is 1. The molecule has 1 saturated carbocycles. The standard InChI is InChI=1S/C27H43N3O4/c1-26(2,3)34-25(33)20-28-19-23(31)12-9-13-24(32)29-22-14-16-27(17-15-22,30(4)5)18-21-10-7-6-8-11-21/h6-8,10-11,22,28H,9,12-20H2,1-5H3,(H,29,32). The lowest BCUT2D eigenvalue weighted by atomic mass is 9.75. The molecule has 0 aromatic heterocycles. The lowest BCUT2D eigenvalue weighted by molar-refractivity contribution is -0.153. The Morgan fingerprint density at radius 1 is 1.03 bits per heavy atom. The highest BCUT2D eigenvalue weighted by atomic mass is 16.6. The van der Waals surface area contributed by atoms with Crippen LogP contribution in [-0.2, 0) is 25.5 Å². The first-order chi connectivity index (χ1) is 16.0. The van der Waals surface area contributed by atoms with E-state index in [4.69, 9.17) is 4.74 Å². The van der Waals surface area contributed by atoms with Crippen LogP contribution in [0.25, 0.3) is 0 Å². The van der Waals surface area contributed by atoms with E-state index < -0.39 is 5.60 Å². The summed E-state index contributed by atoms with van der Waals surface area (Å²) in [4.78, 5) is 38.4. The van der Waals surface area contributed by atoms with Gasteiger partial charge in [0.25, 0.3) is 0 Å². The maximum absolute atomic E-state index is 12.4. The largest absolute Gasteiger partial charge is 0.459 e. The minimum atomic E-state index is -0.537. The third kappa shape index (κ3) is 9.94. The summed E-state index contributed by atoms with van der Waals surface area (Å²) in [7, 11) is 4.31. The Labute approximate surface area is 205 Å². The van der Waals surface area contributed by atoms with Crippen LogP contribution < -0.4 is 10.6 Å². The smallest absolute Gasteiger partial charge is 0.320 e. The Bertz CT molecular complexity index is 794. The fourth-order valence-electron chi connectivity index (χ4n) is 4.57. The van der Waals surface area contributed by atoms with Gasteiger partial charge in [-0.05, 0) is 79.0 Å². The molecule has 0 radical (unpaired) electrons. The van der Waals surface area contributed by atoms with Crippen LogP contribution in [0.2, 0.25) is 0 Å². The first kappa shape index (κ1) is 28.0. The zero-order valence-corrected chi connectivity index (χ0v) is 21.6. The van der Waals surface area contributed by atoms with Crippen molar-refractivity contribution in [2.24, 2.45) is 0 Å². The van der Waals surface area contributed by atoms with E-state index in [0.29, 0.717) is 19.3 Å². The molecule has 1 aliphatic rings. The fraction of sp³-hybridized carbons (Fsp3) is 0.667. The zero-order chi connectivity index (χ0) is 25.2. The van der Waals surface area contributed by atoms with Gasteiger partial charge in [-0.3, -0.25) is 14.4 Å². The number of carbonyl (C=O) groups excluding carboxylic acids is 3. The number of Topliss-reactive ketones (excluding diaryl/α,β-unsaturated/α-hetero) is 1. The normalized spacial score (nSPS) is 20.7. The molecule has 0 heterocycles. The first-order valence-corrected chi connectivity index (χ1v) is 12.4. The van der Waals surface area contributed by atoms with E-state index in [1.165, 1.54) is 5.56 Å². The molecule has 1 aromatic carbocycles. The molecule has 34 heavy (non-hydrogen) atoms. The van der Waals surface area contributed by atoms with Gasteiger partial charge in [-0.15, -0.1) is 0 Å². The molecule has 0 unspecified atom stereocenters. The number of ketones is 1. The molecule has 1 amide bonds. The number of hydrogen-bond donors (Lipinski definition) is 2. The van der Waals surface area contributed by atoms with Gasteiger partial charge in [-0.2, -0.15) is 0 Å². The lowest BCUT2D eigenvalue weighted by Crippen LogP contribution is -2.52. The number of amides is 1. The SMILES string of the molecule is CN(C)C1(Cc2ccccc2)CCC(NC(=O)CCCC(=O)CNCC(=O)OC(C)(C)C)CC1. The van der Waals surface area contributed by atoms with Crippen molar-refractivity contribution < 1.29 is 19.1 Å². The van der Waals surface area contributed by atoms with E-state index >= 15 is 0 Å². The summed E-state index contributed by atoms with van der Waals surface area (Å²) in [6.45, 7) is 5.52. The van der Waals surface area contributed by atoms with E-state index in [9.17, 15) is 14.4 Å². The third-order valence-electron chi connectivity index (χ3n) is 6.48. The van der Waals surface area contributed by atoms with Crippen LogP contribution in [-0.4, -0.2) is 66.9 Å². The van der Waals surface area contributed by atoms with Crippen LogP contribution in [0.15, 0.2) is 30.3 Å². The number of benzene rings is 1. The van der Waals surface area contributed by atoms with Crippen molar-refractivity contribution in [1.82, 2.24) is 15.5 Å². The number of nitrogens with zero attached hydrogens (tertiary/aromatic N) is 1. The average molecular weight is 474 g/mol. The highest BCUT2D eigenvalue weighted by molar-refractivity contribution is 5.82. The van der Waals surface area contributed by atoms with E-state index in [1.54, 1.807) is 20.8 Å². The first-order valence-electron chi connectivity index (χ1n) is 12.4. The summed E-state index contributed by atoms with van der Waals surface area (Å²) < 4.78 is 5.19. The molecule has 1 fully saturated rings. The Morgan fingerprint density at radius 3 is 2.26 bits per heavy atom. The minimum Gasteiger partial charge on any atom is -0.459 e. The van der Waals surface area contributed by atoms with Crippen molar-refractivity contribution in [3.63, 3.8) is 0 Å². The zero-order valence-electron chi connectivity index (χ0n) is 21.6. The molecule has 190 valence electrons. The number of likely N-dealkylation sites (N-methyl/N-ethyl adjacent to an activating group) is 1. The maximum atomic E-state index is 12.4. The van der Waals surface area contributed by atoms with Gasteiger partial charge < -0.3 is 20.3 Å². The summed E-state index contributed by atoms with van der Waals surface area (Å²) >= 11 is 0. The molecular weight excluding hydrogens is 430 g/mol. The van der Waals surface area contributed by atoms with Crippen molar-refractivity contribution in [3.8, 4) is 0 Å². The second-order valence-corrected chi connectivity index (χ2v) is 10.7. The quantitative estimate of drug-likeness (QED) is 0.453. The van der Waals surface area contributed by atoms with Gasteiger partial charge in [0, 0.05) is 24.4 Å². The summed E-state index contributed by atoms with van der Waals surface area (Å²) in [5, 5.41) is 5.98. The summed E-state index contributed by atoms with van der Waals surface area (Å²) in [6, 6.07) is 10.8. The Morgan fingerprint density at radius 2 is 1.68 bits per heavy atom. The lowest BCUT2D eigenvalue weighted by Gasteiger charge is -2.45. The van der Waals surface area contributed by atoms with Gasteiger partial charge in [0.05, 0.1) is 13.1 Å². The molecule has 0 aliphatic heterocycles. The van der Waals surface area contributed by atoms with Crippen LogP contribution >= 0.6 is 0 Å². The predicted molar refractivity (Wildman–Crippen MR) is 135 cm³/mol. The molecule has 2 N–H and O–H groups in total. The van der Waals surface area contributed by atoms with Crippen LogP contribution in [0.5, 0.6) is 0 Å². The van der Waals surface area contributed by atoms with Gasteiger partial charge in [-0.25, -0.2) is 0 Å². The molecule has 7 heteroatoms. The molecule has 0 bridgehead atoms. The Balaban J connectivity index is 1.64. The van der Waals surface area contributed by atoms with Gasteiger partial charge in [0.15, 0.2) is 0 Å². The second kappa shape index (κ2) is 13.0. The van der Waals surface area contributed by atoms with E-state index in [0.717, 1.165) is 32.1 Å². The average Bonchev–Trinajstić information content (AvgIpc) is 2.74. The number of carbonyl (C=O) groups is 3. The number of hydrogen-bond acceptors (Lipinski definition) is 6. The van der Waals surface area contributed by atoms with Gasteiger partial charge in [-0.1, -0.05) is 30.3 Å². The summed E-state index contributed by atoms with van der Waals surface area (Å²) in [6.07, 6.45) is 6.21. The molecule has 1 aromatic rings. The molecule has 0 saturated heterocycles. The van der Waals surface area contributed by atoms with Crippen molar-refractivity contribution in [2.75, 3.05) is 27.2 Å². The molecule has 1 aliphatic carbocycles. The number of ether oxygens (including phenoxy) is 1. The summed E-state index contributed by atoms with van der Waals surface area (Å²) in [5.74, 6) is -0.375. The van der Waals surface area contributed by atoms with E-state index in [2.05, 4.69) is 53.9 Å². The third-order valence-corrected chi connectivity index (χ3v) is 6.48. The van der Waals surface area contributed by atoms with Crippen molar-refractivity contribution in [2.45, 2.75) is 89.3 Å². The topological polar surface area (TPSA) is 87.7 Å². The molecular formula is C27H43N3O4. The van der Waals surface area contributed by atoms with E-state index in [1.807, 2.05) is 6.07 Å². The van der Waals surface area contributed by atoms with Crippen molar-refractivity contribution in [1.29, 1.82) is 0 Å². The predicted octanol–water partition coefficient (Wildman–Crippen LogP) is 3.26. The Hall–Kier alpha value is -2.25. The van der Waals surface area contributed by atoms with E-state index in [-0.39, 0.29) is 42.3 Å². The highest BCUT2D eigenvalue weighted by Crippen LogP contribution is 2.35. The van der Waals surface area contributed by atoms with Gasteiger partial charge >= 0.3 is 5.97 Å². The van der Waals surface area contributed by atoms with Gasteiger partial charge in [0.2, 0.25) is 5.91 Å². The van der Waals surface area contributed by atoms with Crippen molar-refractivity contribution in [3.05, 3.63) is 35.9 Å². The summed E-state index contributed by atoms with van der Waals surface area (Å²) in [5.41, 5.74) is 0.940.